The standard InChI is InChI=1S/C14H10BrNO3S/c15-10-5-3-9(4-6-10)8-11(14(18)19)16-13(17)12-2-1-7-20-12/h1-8H,(H,16,17)(H,18,19). The molecule has 1 heterocycles. The van der Waals surface area contributed by atoms with E-state index in [1.165, 1.54) is 17.4 Å². The molecule has 0 fully saturated rings. The number of hydrogen-bond acceptors (Lipinski definition) is 3. The van der Waals surface area contributed by atoms with Crippen molar-refractivity contribution in [3.8, 4) is 0 Å². The Kier molecular flexibility index (Phi) is 4.70. The average molecular weight is 352 g/mol. The molecule has 0 saturated carbocycles. The van der Waals surface area contributed by atoms with Crippen LogP contribution in [0.4, 0.5) is 0 Å². The Morgan fingerprint density at radius 2 is 1.90 bits per heavy atom. The van der Waals surface area contributed by atoms with Crippen LogP contribution in [0.5, 0.6) is 0 Å². The summed E-state index contributed by atoms with van der Waals surface area (Å²) in [6, 6.07) is 10.5. The van der Waals surface area contributed by atoms with Gasteiger partial charge in [0.2, 0.25) is 0 Å². The van der Waals surface area contributed by atoms with Crippen LogP contribution in [0.2, 0.25) is 0 Å². The second-order valence-electron chi connectivity index (χ2n) is 3.85. The Bertz CT molecular complexity index is 648. The first-order valence-electron chi connectivity index (χ1n) is 5.61. The second kappa shape index (κ2) is 6.49. The van der Waals surface area contributed by atoms with E-state index in [4.69, 9.17) is 5.11 Å². The Morgan fingerprint density at radius 1 is 1.20 bits per heavy atom. The smallest absolute Gasteiger partial charge is 0.352 e. The first kappa shape index (κ1) is 14.5. The van der Waals surface area contributed by atoms with Gasteiger partial charge >= 0.3 is 5.97 Å². The Balaban J connectivity index is 2.21. The number of thiophene rings is 1. The molecule has 2 rings (SSSR count). The number of carboxylic acid groups (broad SMARTS) is 1. The molecule has 0 saturated heterocycles. The quantitative estimate of drug-likeness (QED) is 0.830. The molecule has 1 aromatic carbocycles. The number of aliphatic carboxylic acids is 1. The molecule has 0 spiro atoms. The number of benzene rings is 1. The van der Waals surface area contributed by atoms with Gasteiger partial charge < -0.3 is 10.4 Å². The van der Waals surface area contributed by atoms with Gasteiger partial charge in [0.15, 0.2) is 0 Å². The number of carbonyl (C=O) groups is 2. The molecule has 0 bridgehead atoms. The molecular formula is C14H10BrNO3S. The van der Waals surface area contributed by atoms with Gasteiger partial charge in [0, 0.05) is 4.47 Å². The minimum absolute atomic E-state index is 0.161. The van der Waals surface area contributed by atoms with E-state index < -0.39 is 11.9 Å². The molecule has 0 aliphatic rings. The van der Waals surface area contributed by atoms with E-state index in [1.807, 2.05) is 0 Å². The number of halogens is 1. The summed E-state index contributed by atoms with van der Waals surface area (Å²) in [4.78, 5) is 23.5. The van der Waals surface area contributed by atoms with Crippen molar-refractivity contribution in [3.63, 3.8) is 0 Å². The molecule has 1 aromatic heterocycles. The summed E-state index contributed by atoms with van der Waals surface area (Å²) < 4.78 is 0.897. The molecule has 0 radical (unpaired) electrons. The zero-order valence-electron chi connectivity index (χ0n) is 10.2. The van der Waals surface area contributed by atoms with E-state index in [9.17, 15) is 9.59 Å². The predicted molar refractivity (Wildman–Crippen MR) is 81.5 cm³/mol. The second-order valence-corrected chi connectivity index (χ2v) is 5.71. The van der Waals surface area contributed by atoms with E-state index in [0.29, 0.717) is 10.4 Å². The third-order valence-corrected chi connectivity index (χ3v) is 3.80. The maximum atomic E-state index is 11.9. The van der Waals surface area contributed by atoms with Crippen molar-refractivity contribution >= 4 is 45.2 Å². The lowest BCUT2D eigenvalue weighted by Gasteiger charge is -2.04. The topological polar surface area (TPSA) is 66.4 Å². The van der Waals surface area contributed by atoms with Crippen molar-refractivity contribution in [2.75, 3.05) is 0 Å². The number of carbonyl (C=O) groups excluding carboxylic acids is 1. The lowest BCUT2D eigenvalue weighted by atomic mass is 10.2. The maximum absolute atomic E-state index is 11.9. The molecular weight excluding hydrogens is 342 g/mol. The van der Waals surface area contributed by atoms with Crippen molar-refractivity contribution in [1.29, 1.82) is 0 Å². The van der Waals surface area contributed by atoms with Crippen molar-refractivity contribution < 1.29 is 14.7 Å². The van der Waals surface area contributed by atoms with Gasteiger partial charge in [0.25, 0.3) is 5.91 Å². The van der Waals surface area contributed by atoms with Gasteiger partial charge in [-0.25, -0.2) is 4.79 Å². The van der Waals surface area contributed by atoms with Crippen LogP contribution >= 0.6 is 27.3 Å². The van der Waals surface area contributed by atoms with Crippen molar-refractivity contribution in [3.05, 3.63) is 62.4 Å². The van der Waals surface area contributed by atoms with Crippen LogP contribution in [-0.4, -0.2) is 17.0 Å². The van der Waals surface area contributed by atoms with Crippen LogP contribution in [0, 0.1) is 0 Å². The van der Waals surface area contributed by atoms with E-state index in [-0.39, 0.29) is 5.70 Å². The van der Waals surface area contributed by atoms with Gasteiger partial charge in [-0.3, -0.25) is 4.79 Å². The largest absolute Gasteiger partial charge is 0.477 e. The van der Waals surface area contributed by atoms with Crippen LogP contribution in [0.3, 0.4) is 0 Å². The fraction of sp³-hybridized carbons (Fsp3) is 0. The monoisotopic (exact) mass is 351 g/mol. The SMILES string of the molecule is O=C(O)C(=Cc1ccc(Br)cc1)NC(=O)c1cccs1. The zero-order valence-corrected chi connectivity index (χ0v) is 12.6. The van der Waals surface area contributed by atoms with E-state index in [2.05, 4.69) is 21.2 Å². The summed E-state index contributed by atoms with van der Waals surface area (Å²) >= 11 is 4.56. The van der Waals surface area contributed by atoms with Crippen molar-refractivity contribution in [2.45, 2.75) is 0 Å². The molecule has 0 unspecified atom stereocenters. The van der Waals surface area contributed by atoms with Gasteiger partial charge in [0.05, 0.1) is 4.88 Å². The zero-order chi connectivity index (χ0) is 14.5. The van der Waals surface area contributed by atoms with Crippen LogP contribution in [0.15, 0.2) is 51.9 Å². The summed E-state index contributed by atoms with van der Waals surface area (Å²) in [5.41, 5.74) is 0.530. The van der Waals surface area contributed by atoms with E-state index in [1.54, 1.807) is 41.8 Å². The normalized spacial score (nSPS) is 11.2. The Hall–Kier alpha value is -1.92. The Morgan fingerprint density at radius 3 is 2.45 bits per heavy atom. The molecule has 20 heavy (non-hydrogen) atoms. The fourth-order valence-corrected chi connectivity index (χ4v) is 2.35. The third-order valence-electron chi connectivity index (χ3n) is 2.40. The highest BCUT2D eigenvalue weighted by Crippen LogP contribution is 2.14. The molecule has 102 valence electrons. The first-order chi connectivity index (χ1) is 9.56. The van der Waals surface area contributed by atoms with Gasteiger partial charge in [-0.05, 0) is 35.2 Å². The number of nitrogens with one attached hydrogen (secondary N) is 1. The predicted octanol–water partition coefficient (Wildman–Crippen LogP) is 3.37. The minimum Gasteiger partial charge on any atom is -0.477 e. The van der Waals surface area contributed by atoms with E-state index >= 15 is 0 Å². The number of amides is 1. The maximum Gasteiger partial charge on any atom is 0.352 e. The molecule has 0 atom stereocenters. The average Bonchev–Trinajstić information content (AvgIpc) is 2.94. The highest BCUT2D eigenvalue weighted by Gasteiger charge is 2.13. The van der Waals surface area contributed by atoms with Gasteiger partial charge in [-0.1, -0.05) is 34.1 Å². The first-order valence-corrected chi connectivity index (χ1v) is 7.29. The van der Waals surface area contributed by atoms with Crippen LogP contribution < -0.4 is 5.32 Å². The molecule has 6 heteroatoms. The lowest BCUT2D eigenvalue weighted by molar-refractivity contribution is -0.132. The highest BCUT2D eigenvalue weighted by atomic mass is 79.9. The van der Waals surface area contributed by atoms with Crippen LogP contribution in [-0.2, 0) is 4.79 Å². The summed E-state index contributed by atoms with van der Waals surface area (Å²) in [6.45, 7) is 0. The van der Waals surface area contributed by atoms with Gasteiger partial charge in [0.1, 0.15) is 5.70 Å². The number of rotatable bonds is 4. The Labute approximate surface area is 127 Å². The van der Waals surface area contributed by atoms with E-state index in [0.717, 1.165) is 4.47 Å². The summed E-state index contributed by atoms with van der Waals surface area (Å²) in [5, 5.41) is 13.3. The molecule has 4 nitrogen and oxygen atoms in total. The summed E-state index contributed by atoms with van der Waals surface area (Å²) in [6.07, 6.45) is 1.42. The molecule has 1 amide bonds. The number of hydrogen-bond donors (Lipinski definition) is 2. The van der Waals surface area contributed by atoms with Crippen molar-refractivity contribution in [1.82, 2.24) is 5.32 Å². The molecule has 0 aliphatic heterocycles. The highest BCUT2D eigenvalue weighted by molar-refractivity contribution is 9.10. The van der Waals surface area contributed by atoms with Crippen molar-refractivity contribution in [2.24, 2.45) is 0 Å². The van der Waals surface area contributed by atoms with Crippen LogP contribution in [0.1, 0.15) is 15.2 Å². The molecule has 2 N–H and O–H groups in total. The third kappa shape index (κ3) is 3.79. The number of carboxylic acids is 1. The minimum atomic E-state index is -1.18. The molecule has 0 aliphatic carbocycles. The molecule has 2 aromatic rings. The van der Waals surface area contributed by atoms with Gasteiger partial charge in [-0.2, -0.15) is 0 Å². The lowest BCUT2D eigenvalue weighted by Crippen LogP contribution is -2.26. The van der Waals surface area contributed by atoms with Crippen LogP contribution in [0.25, 0.3) is 6.08 Å². The fourth-order valence-electron chi connectivity index (χ4n) is 1.47. The summed E-state index contributed by atoms with van der Waals surface area (Å²) in [5.74, 6) is -1.61. The van der Waals surface area contributed by atoms with Gasteiger partial charge in [-0.15, -0.1) is 11.3 Å². The summed E-state index contributed by atoms with van der Waals surface area (Å²) in [7, 11) is 0.